The molecule has 5 rings (SSSR count). The number of H-pyrrole nitrogens is 1. The van der Waals surface area contributed by atoms with Crippen LogP contribution >= 0.6 is 0 Å². The number of hydrogen-bond donors (Lipinski definition) is 3. The number of hydrogen-bond acceptors (Lipinski definition) is 5. The summed E-state index contributed by atoms with van der Waals surface area (Å²) >= 11 is 0. The van der Waals surface area contributed by atoms with E-state index in [4.69, 9.17) is 0 Å². The summed E-state index contributed by atoms with van der Waals surface area (Å²) in [4.78, 5) is 40.8. The van der Waals surface area contributed by atoms with Crippen molar-refractivity contribution in [2.45, 2.75) is 25.7 Å². The SMILES string of the molecule is CN(C)C(=O)N1CC=C(c2cc3c(-c4ccc(F)c(NC(=O)c5ccc(C(C)(C)CO)cc5)c4)ncnc3[nH]2)CC1. The number of fused-ring (bicyclic) bond motifs is 1. The standard InChI is InChI=1S/C31H33FN6O3/c1-31(2,17-39)22-8-5-20(6-9-22)29(40)36-26-15-21(7-10-24(26)32)27-23-16-25(35-28(23)34-18-33-27)19-11-13-38(14-12-19)30(41)37(3)4/h5-11,15-16,18,39H,12-14,17H2,1-4H3,(H,36,40)(H,33,34,35). The maximum atomic E-state index is 14.8. The Morgan fingerprint density at radius 3 is 2.54 bits per heavy atom. The summed E-state index contributed by atoms with van der Waals surface area (Å²) in [6, 6.07) is 13.3. The van der Waals surface area contributed by atoms with E-state index in [0.717, 1.165) is 22.2 Å². The first-order chi connectivity index (χ1) is 19.6. The van der Waals surface area contributed by atoms with Crippen LogP contribution in [0.25, 0.3) is 27.9 Å². The highest BCUT2D eigenvalue weighted by molar-refractivity contribution is 6.05. The topological polar surface area (TPSA) is 114 Å². The molecule has 0 radical (unpaired) electrons. The van der Waals surface area contributed by atoms with Crippen molar-refractivity contribution in [3.63, 3.8) is 0 Å². The van der Waals surface area contributed by atoms with Gasteiger partial charge in [-0.25, -0.2) is 19.2 Å². The highest BCUT2D eigenvalue weighted by atomic mass is 19.1. The van der Waals surface area contributed by atoms with Crippen LogP contribution in [0.1, 0.15) is 41.9 Å². The fraction of sp³-hybridized carbons (Fsp3) is 0.290. The fourth-order valence-corrected chi connectivity index (χ4v) is 4.84. The smallest absolute Gasteiger partial charge is 0.319 e. The van der Waals surface area contributed by atoms with Gasteiger partial charge in [0.1, 0.15) is 17.8 Å². The van der Waals surface area contributed by atoms with Gasteiger partial charge in [-0.15, -0.1) is 0 Å². The maximum Gasteiger partial charge on any atom is 0.319 e. The van der Waals surface area contributed by atoms with Gasteiger partial charge in [0.2, 0.25) is 0 Å². The second kappa shape index (κ2) is 11.1. The average molecular weight is 557 g/mol. The van der Waals surface area contributed by atoms with Gasteiger partial charge in [-0.3, -0.25) is 4.79 Å². The lowest BCUT2D eigenvalue weighted by Crippen LogP contribution is -2.41. The Hall–Kier alpha value is -4.57. The van der Waals surface area contributed by atoms with E-state index >= 15 is 0 Å². The number of halogens is 1. The molecule has 2 aromatic heterocycles. The Labute approximate surface area is 237 Å². The van der Waals surface area contributed by atoms with Crippen molar-refractivity contribution in [1.82, 2.24) is 24.8 Å². The van der Waals surface area contributed by atoms with Crippen molar-refractivity contribution in [3.05, 3.63) is 83.6 Å². The van der Waals surface area contributed by atoms with Crippen molar-refractivity contribution in [3.8, 4) is 11.3 Å². The number of rotatable bonds is 6. The van der Waals surface area contributed by atoms with Crippen LogP contribution in [0.5, 0.6) is 0 Å². The minimum absolute atomic E-state index is 0.0213. The van der Waals surface area contributed by atoms with Crippen molar-refractivity contribution in [2.75, 3.05) is 39.1 Å². The first-order valence-electron chi connectivity index (χ1n) is 13.4. The van der Waals surface area contributed by atoms with E-state index in [1.165, 1.54) is 12.4 Å². The highest BCUT2D eigenvalue weighted by Gasteiger charge is 2.22. The second-order valence-corrected chi connectivity index (χ2v) is 11.0. The minimum atomic E-state index is -0.565. The first-order valence-corrected chi connectivity index (χ1v) is 13.4. The molecule has 0 spiro atoms. The Morgan fingerprint density at radius 2 is 1.88 bits per heavy atom. The van der Waals surface area contributed by atoms with Gasteiger partial charge in [0, 0.05) is 54.8 Å². The molecule has 10 heteroatoms. The molecule has 0 unspecified atom stereocenters. The van der Waals surface area contributed by atoms with Crippen LogP contribution in [-0.2, 0) is 5.41 Å². The Balaban J connectivity index is 1.39. The lowest BCUT2D eigenvalue weighted by Gasteiger charge is -2.28. The quantitative estimate of drug-likeness (QED) is 0.307. The zero-order valence-corrected chi connectivity index (χ0v) is 23.5. The number of urea groups is 1. The molecule has 0 saturated heterocycles. The molecular weight excluding hydrogens is 523 g/mol. The highest BCUT2D eigenvalue weighted by Crippen LogP contribution is 2.32. The molecule has 0 bridgehead atoms. The maximum absolute atomic E-state index is 14.8. The lowest BCUT2D eigenvalue weighted by molar-refractivity contribution is 0.102. The molecule has 0 fully saturated rings. The fourth-order valence-electron chi connectivity index (χ4n) is 4.84. The largest absolute Gasteiger partial charge is 0.395 e. The molecule has 9 nitrogen and oxygen atoms in total. The van der Waals surface area contributed by atoms with Crippen molar-refractivity contribution >= 4 is 34.2 Å². The molecule has 0 atom stereocenters. The van der Waals surface area contributed by atoms with Crippen LogP contribution in [0, 0.1) is 5.82 Å². The number of aliphatic hydroxyl groups is 1. The number of aliphatic hydroxyl groups excluding tert-OH is 1. The van der Waals surface area contributed by atoms with E-state index in [1.54, 1.807) is 60.3 Å². The number of anilines is 1. The predicted octanol–water partition coefficient (Wildman–Crippen LogP) is 5.06. The number of aromatic amines is 1. The molecule has 3 amide bonds. The summed E-state index contributed by atoms with van der Waals surface area (Å²) in [5.74, 6) is -1.01. The first kappa shape index (κ1) is 28.0. The van der Waals surface area contributed by atoms with Gasteiger partial charge >= 0.3 is 6.03 Å². The molecule has 4 aromatic rings. The predicted molar refractivity (Wildman–Crippen MR) is 157 cm³/mol. The van der Waals surface area contributed by atoms with Gasteiger partial charge in [-0.05, 0) is 54.0 Å². The van der Waals surface area contributed by atoms with Gasteiger partial charge in [0.15, 0.2) is 0 Å². The molecule has 212 valence electrons. The number of aromatic nitrogens is 3. The molecule has 3 heterocycles. The summed E-state index contributed by atoms with van der Waals surface area (Å²) in [5, 5.41) is 13.0. The third kappa shape index (κ3) is 5.69. The summed E-state index contributed by atoms with van der Waals surface area (Å²) in [6.07, 6.45) is 4.17. The van der Waals surface area contributed by atoms with E-state index in [1.807, 2.05) is 26.0 Å². The number of benzene rings is 2. The van der Waals surface area contributed by atoms with Crippen LogP contribution < -0.4 is 5.32 Å². The Morgan fingerprint density at radius 1 is 1.12 bits per heavy atom. The molecule has 2 aromatic carbocycles. The van der Waals surface area contributed by atoms with E-state index in [2.05, 4.69) is 20.3 Å². The normalized spacial score (nSPS) is 13.7. The van der Waals surface area contributed by atoms with E-state index in [0.29, 0.717) is 42.0 Å². The van der Waals surface area contributed by atoms with Gasteiger partial charge < -0.3 is 25.2 Å². The van der Waals surface area contributed by atoms with Crippen molar-refractivity contribution in [2.24, 2.45) is 0 Å². The zero-order valence-electron chi connectivity index (χ0n) is 23.5. The Bertz CT molecular complexity index is 1640. The van der Waals surface area contributed by atoms with Crippen LogP contribution in [0.4, 0.5) is 14.9 Å². The summed E-state index contributed by atoms with van der Waals surface area (Å²) in [6.45, 7) is 4.93. The van der Waals surface area contributed by atoms with Crippen LogP contribution in [-0.4, -0.2) is 75.6 Å². The van der Waals surface area contributed by atoms with Gasteiger partial charge in [0.05, 0.1) is 18.0 Å². The lowest BCUT2D eigenvalue weighted by atomic mass is 9.85. The van der Waals surface area contributed by atoms with Gasteiger partial charge in [-0.1, -0.05) is 32.1 Å². The molecule has 41 heavy (non-hydrogen) atoms. The number of nitrogens with zero attached hydrogens (tertiary/aromatic N) is 4. The zero-order chi connectivity index (χ0) is 29.3. The van der Waals surface area contributed by atoms with Gasteiger partial charge in [-0.2, -0.15) is 0 Å². The summed E-state index contributed by atoms with van der Waals surface area (Å²) in [5.41, 5.74) is 4.71. The number of amides is 3. The monoisotopic (exact) mass is 556 g/mol. The summed E-state index contributed by atoms with van der Waals surface area (Å²) in [7, 11) is 3.48. The number of nitrogens with one attached hydrogen (secondary N) is 2. The molecule has 0 saturated carbocycles. The van der Waals surface area contributed by atoms with Gasteiger partial charge in [0.25, 0.3) is 5.91 Å². The van der Waals surface area contributed by atoms with Crippen molar-refractivity contribution in [1.29, 1.82) is 0 Å². The molecule has 3 N–H and O–H groups in total. The van der Waals surface area contributed by atoms with E-state index in [9.17, 15) is 19.1 Å². The van der Waals surface area contributed by atoms with Crippen molar-refractivity contribution < 1.29 is 19.1 Å². The second-order valence-electron chi connectivity index (χ2n) is 11.0. The molecular formula is C31H33FN6O3. The van der Waals surface area contributed by atoms with Crippen LogP contribution in [0.3, 0.4) is 0 Å². The number of carbonyl (C=O) groups is 2. The van der Waals surface area contributed by atoms with E-state index < -0.39 is 17.1 Å². The van der Waals surface area contributed by atoms with E-state index in [-0.39, 0.29) is 18.3 Å². The molecule has 1 aliphatic rings. The molecule has 1 aliphatic heterocycles. The summed E-state index contributed by atoms with van der Waals surface area (Å²) < 4.78 is 14.8. The third-order valence-corrected chi connectivity index (χ3v) is 7.45. The minimum Gasteiger partial charge on any atom is -0.395 e. The van der Waals surface area contributed by atoms with Crippen LogP contribution in [0.2, 0.25) is 0 Å². The third-order valence-electron chi connectivity index (χ3n) is 7.45. The molecule has 0 aliphatic carbocycles. The average Bonchev–Trinajstić information content (AvgIpc) is 3.43. The van der Waals surface area contributed by atoms with Crippen LogP contribution in [0.15, 0.2) is 60.9 Å². The Kier molecular flexibility index (Phi) is 7.59. The number of carbonyl (C=O) groups excluding carboxylic acids is 2.